The summed E-state index contributed by atoms with van der Waals surface area (Å²) in [6.45, 7) is 16.1. The minimum Gasteiger partial charge on any atom is -0.483 e. The highest BCUT2D eigenvalue weighted by atomic mass is 28.3. The first kappa shape index (κ1) is 15.4. The van der Waals surface area contributed by atoms with Crippen LogP contribution in [0, 0.1) is 0 Å². The summed E-state index contributed by atoms with van der Waals surface area (Å²) in [4.78, 5) is 0. The van der Waals surface area contributed by atoms with E-state index in [0.29, 0.717) is 5.04 Å². The SMILES string of the molecule is CC1(C)C=Cc2c(ccc3c2ccn3[Si](C)(C)C(C)(C)C)O1. The van der Waals surface area contributed by atoms with Crippen molar-refractivity contribution in [2.24, 2.45) is 0 Å². The molecule has 0 unspecified atom stereocenters. The summed E-state index contributed by atoms with van der Waals surface area (Å²) in [5.74, 6) is 0.994. The summed E-state index contributed by atoms with van der Waals surface area (Å²) in [5.41, 5.74) is 2.33. The lowest BCUT2D eigenvalue weighted by molar-refractivity contribution is 0.159. The molecule has 2 nitrogen and oxygen atoms in total. The maximum Gasteiger partial charge on any atom is 0.161 e. The molecular formula is C19H27NOSi. The maximum atomic E-state index is 6.10. The van der Waals surface area contributed by atoms with Gasteiger partial charge in [-0.25, -0.2) is 0 Å². The Morgan fingerprint density at radius 3 is 2.41 bits per heavy atom. The van der Waals surface area contributed by atoms with E-state index in [9.17, 15) is 0 Å². The van der Waals surface area contributed by atoms with E-state index < -0.39 is 8.24 Å². The van der Waals surface area contributed by atoms with Gasteiger partial charge in [0.05, 0.1) is 0 Å². The van der Waals surface area contributed by atoms with Crippen molar-refractivity contribution >= 4 is 25.2 Å². The number of hydrogen-bond donors (Lipinski definition) is 0. The van der Waals surface area contributed by atoms with Crippen molar-refractivity contribution in [1.29, 1.82) is 0 Å². The normalized spacial score (nSPS) is 17.4. The van der Waals surface area contributed by atoms with E-state index in [2.05, 4.69) is 88.5 Å². The van der Waals surface area contributed by atoms with Crippen LogP contribution >= 0.6 is 0 Å². The molecule has 1 aliphatic rings. The Balaban J connectivity index is 2.20. The minimum atomic E-state index is -1.62. The predicted octanol–water partition coefficient (Wildman–Crippen LogP) is 5.68. The van der Waals surface area contributed by atoms with E-state index in [1.54, 1.807) is 0 Å². The second kappa shape index (κ2) is 4.51. The van der Waals surface area contributed by atoms with E-state index >= 15 is 0 Å². The van der Waals surface area contributed by atoms with Crippen LogP contribution in [0.25, 0.3) is 17.0 Å². The van der Waals surface area contributed by atoms with Crippen molar-refractivity contribution in [3.05, 3.63) is 36.0 Å². The van der Waals surface area contributed by atoms with Gasteiger partial charge in [0, 0.05) is 16.5 Å². The van der Waals surface area contributed by atoms with Gasteiger partial charge >= 0.3 is 0 Å². The standard InChI is InChI=1S/C19H27NOSi/c1-18(2,3)22(6,7)20-13-11-14-15-10-12-19(4,5)21-17(15)9-8-16(14)20/h8-13H,1-7H3. The van der Waals surface area contributed by atoms with Crippen LogP contribution in [0.3, 0.4) is 0 Å². The molecule has 22 heavy (non-hydrogen) atoms. The highest BCUT2D eigenvalue weighted by Gasteiger charge is 2.38. The van der Waals surface area contributed by atoms with Gasteiger partial charge in [-0.3, -0.25) is 0 Å². The lowest BCUT2D eigenvalue weighted by Crippen LogP contribution is -2.44. The Bertz CT molecular complexity index is 760. The molecule has 0 saturated heterocycles. The molecule has 0 atom stereocenters. The van der Waals surface area contributed by atoms with E-state index in [0.717, 1.165) is 5.75 Å². The molecule has 0 aliphatic carbocycles. The molecule has 0 radical (unpaired) electrons. The molecular weight excluding hydrogens is 286 g/mol. The van der Waals surface area contributed by atoms with Gasteiger partial charge in [-0.2, -0.15) is 0 Å². The lowest BCUT2D eigenvalue weighted by Gasteiger charge is -2.38. The average Bonchev–Trinajstić information content (AvgIpc) is 2.80. The molecule has 2 aromatic rings. The van der Waals surface area contributed by atoms with Crippen LogP contribution in [0.15, 0.2) is 30.5 Å². The lowest BCUT2D eigenvalue weighted by atomic mass is 10.00. The summed E-state index contributed by atoms with van der Waals surface area (Å²) in [7, 11) is -1.62. The molecule has 1 aromatic heterocycles. The zero-order valence-corrected chi connectivity index (χ0v) is 15.8. The average molecular weight is 314 g/mol. The van der Waals surface area contributed by atoms with Crippen molar-refractivity contribution in [3.8, 4) is 5.75 Å². The molecule has 0 bridgehead atoms. The van der Waals surface area contributed by atoms with Crippen LogP contribution in [0.5, 0.6) is 5.75 Å². The Morgan fingerprint density at radius 2 is 1.77 bits per heavy atom. The molecule has 118 valence electrons. The monoisotopic (exact) mass is 313 g/mol. The smallest absolute Gasteiger partial charge is 0.161 e. The topological polar surface area (TPSA) is 14.2 Å². The minimum absolute atomic E-state index is 0.220. The fourth-order valence-electron chi connectivity index (χ4n) is 2.93. The zero-order valence-electron chi connectivity index (χ0n) is 14.8. The Kier molecular flexibility index (Phi) is 3.16. The number of hydrogen-bond acceptors (Lipinski definition) is 1. The second-order valence-corrected chi connectivity index (χ2v) is 13.5. The van der Waals surface area contributed by atoms with E-state index in [4.69, 9.17) is 4.74 Å². The number of nitrogens with zero attached hydrogens (tertiary/aromatic N) is 1. The number of fused-ring (bicyclic) bond motifs is 3. The highest BCUT2D eigenvalue weighted by Crippen LogP contribution is 2.41. The van der Waals surface area contributed by atoms with Gasteiger partial charge in [-0.1, -0.05) is 39.9 Å². The Labute approximate surface area is 134 Å². The van der Waals surface area contributed by atoms with Gasteiger partial charge in [-0.05, 0) is 49.4 Å². The zero-order chi connectivity index (χ0) is 16.3. The number of benzene rings is 1. The van der Waals surface area contributed by atoms with Crippen molar-refractivity contribution < 1.29 is 4.74 Å². The summed E-state index contributed by atoms with van der Waals surface area (Å²) in [5, 5.41) is 1.61. The fraction of sp³-hybridized carbons (Fsp3) is 0.474. The van der Waals surface area contributed by atoms with Crippen molar-refractivity contribution in [2.45, 2.75) is 58.4 Å². The fourth-order valence-corrected chi connectivity index (χ4v) is 4.90. The second-order valence-electron chi connectivity index (χ2n) is 8.44. The van der Waals surface area contributed by atoms with Gasteiger partial charge in [0.25, 0.3) is 0 Å². The van der Waals surface area contributed by atoms with Crippen LogP contribution in [0.1, 0.15) is 40.2 Å². The van der Waals surface area contributed by atoms with Gasteiger partial charge in [0.1, 0.15) is 11.4 Å². The quantitative estimate of drug-likeness (QED) is 0.618. The molecule has 2 heterocycles. The van der Waals surface area contributed by atoms with Crippen LogP contribution in [-0.4, -0.2) is 18.1 Å². The molecule has 1 aromatic carbocycles. The molecule has 0 N–H and O–H groups in total. The molecule has 0 amide bonds. The third-order valence-electron chi connectivity index (χ3n) is 5.34. The van der Waals surface area contributed by atoms with Crippen molar-refractivity contribution in [3.63, 3.8) is 0 Å². The van der Waals surface area contributed by atoms with Gasteiger partial charge < -0.3 is 8.97 Å². The number of aromatic nitrogens is 1. The third kappa shape index (κ3) is 2.23. The summed E-state index contributed by atoms with van der Waals surface area (Å²) >= 11 is 0. The maximum absolute atomic E-state index is 6.10. The highest BCUT2D eigenvalue weighted by molar-refractivity contribution is 6.79. The van der Waals surface area contributed by atoms with Crippen LogP contribution < -0.4 is 4.74 Å². The van der Waals surface area contributed by atoms with E-state index in [1.165, 1.54) is 16.5 Å². The summed E-state index contributed by atoms with van der Waals surface area (Å²) in [6, 6.07) is 6.61. The van der Waals surface area contributed by atoms with Gasteiger partial charge in [-0.15, -0.1) is 0 Å². The summed E-state index contributed by atoms with van der Waals surface area (Å²) in [6.07, 6.45) is 6.64. The van der Waals surface area contributed by atoms with Crippen LogP contribution in [0.4, 0.5) is 0 Å². The van der Waals surface area contributed by atoms with Crippen LogP contribution in [0.2, 0.25) is 18.1 Å². The molecule has 3 rings (SSSR count). The largest absolute Gasteiger partial charge is 0.483 e. The molecule has 1 aliphatic heterocycles. The molecule has 0 saturated carbocycles. The van der Waals surface area contributed by atoms with E-state index in [-0.39, 0.29) is 5.60 Å². The third-order valence-corrected chi connectivity index (χ3v) is 10.6. The first-order chi connectivity index (χ1) is 10.0. The van der Waals surface area contributed by atoms with Crippen molar-refractivity contribution in [1.82, 2.24) is 4.23 Å². The first-order valence-corrected chi connectivity index (χ1v) is 11.0. The molecule has 0 fully saturated rings. The van der Waals surface area contributed by atoms with E-state index in [1.807, 2.05) is 0 Å². The molecule has 3 heteroatoms. The van der Waals surface area contributed by atoms with Crippen LogP contribution in [-0.2, 0) is 0 Å². The van der Waals surface area contributed by atoms with Crippen molar-refractivity contribution in [2.75, 3.05) is 0 Å². The number of rotatable bonds is 1. The Morgan fingerprint density at radius 1 is 1.09 bits per heavy atom. The molecule has 0 spiro atoms. The summed E-state index contributed by atoms with van der Waals surface area (Å²) < 4.78 is 8.64. The number of ether oxygens (including phenoxy) is 1. The first-order valence-electron chi connectivity index (χ1n) is 8.06. The van der Waals surface area contributed by atoms with Gasteiger partial charge in [0.2, 0.25) is 0 Å². The predicted molar refractivity (Wildman–Crippen MR) is 98.3 cm³/mol. The van der Waals surface area contributed by atoms with Gasteiger partial charge in [0.15, 0.2) is 8.24 Å². The Hall–Kier alpha value is -1.48.